The van der Waals surface area contributed by atoms with Crippen LogP contribution in [0.4, 0.5) is 0 Å². The molecule has 1 saturated heterocycles. The highest BCUT2D eigenvalue weighted by molar-refractivity contribution is 5.91. The molecule has 1 aliphatic heterocycles. The van der Waals surface area contributed by atoms with Crippen LogP contribution in [0.3, 0.4) is 0 Å². The van der Waals surface area contributed by atoms with Crippen molar-refractivity contribution in [2.45, 2.75) is 58.0 Å². The number of carbonyl (C=O) groups excluding carboxylic acids is 1. The molecule has 152 valence electrons. The summed E-state index contributed by atoms with van der Waals surface area (Å²) in [7, 11) is 0. The number of amides is 1. The van der Waals surface area contributed by atoms with Crippen LogP contribution in [0.1, 0.15) is 74.4 Å². The summed E-state index contributed by atoms with van der Waals surface area (Å²) in [5, 5.41) is 12.8. The van der Waals surface area contributed by atoms with Crippen LogP contribution in [-0.2, 0) is 0 Å². The van der Waals surface area contributed by atoms with E-state index in [1.54, 1.807) is 18.4 Å². The average Bonchev–Trinajstić information content (AvgIpc) is 3.47. The van der Waals surface area contributed by atoms with Gasteiger partial charge in [0.25, 0.3) is 5.91 Å². The van der Waals surface area contributed by atoms with Crippen molar-refractivity contribution in [1.82, 2.24) is 30.0 Å². The molecule has 1 aliphatic carbocycles. The smallest absolute Gasteiger partial charge is 0.289 e. The minimum absolute atomic E-state index is 0.0270. The van der Waals surface area contributed by atoms with Crippen LogP contribution < -0.4 is 0 Å². The molecule has 1 atom stereocenters. The summed E-state index contributed by atoms with van der Waals surface area (Å²) < 4.78 is 7.36. The number of aromatic nitrogens is 4. The van der Waals surface area contributed by atoms with Crippen molar-refractivity contribution in [2.75, 3.05) is 26.2 Å². The standard InChI is InChI=1S/C20H30N6O2/c1-15(2)14-17(19-21-22-23-26(19)16-6-3-4-7-16)24-9-11-25(12-10-24)20(27)18-8-5-13-28-18/h5,8,13,15-17H,3-4,6-7,9-12,14H2,1-2H3/t17-/m0/s1. The van der Waals surface area contributed by atoms with Gasteiger partial charge < -0.3 is 9.32 Å². The predicted octanol–water partition coefficient (Wildman–Crippen LogP) is 2.93. The first kappa shape index (κ1) is 19.1. The highest BCUT2D eigenvalue weighted by atomic mass is 16.3. The normalized spacial score (nSPS) is 20.2. The minimum Gasteiger partial charge on any atom is -0.459 e. The largest absolute Gasteiger partial charge is 0.459 e. The van der Waals surface area contributed by atoms with E-state index in [1.165, 1.54) is 12.8 Å². The molecular weight excluding hydrogens is 356 g/mol. The van der Waals surface area contributed by atoms with Crippen molar-refractivity contribution in [3.05, 3.63) is 30.0 Å². The van der Waals surface area contributed by atoms with Gasteiger partial charge in [-0.2, -0.15) is 0 Å². The van der Waals surface area contributed by atoms with Gasteiger partial charge in [-0.15, -0.1) is 5.10 Å². The lowest BCUT2D eigenvalue weighted by molar-refractivity contribution is 0.0497. The second kappa shape index (κ2) is 8.43. The van der Waals surface area contributed by atoms with Crippen LogP contribution >= 0.6 is 0 Å². The number of piperazine rings is 1. The minimum atomic E-state index is -0.0270. The first-order valence-electron chi connectivity index (χ1n) is 10.5. The van der Waals surface area contributed by atoms with Crippen LogP contribution in [-0.4, -0.2) is 62.1 Å². The van der Waals surface area contributed by atoms with E-state index < -0.39 is 0 Å². The van der Waals surface area contributed by atoms with Crippen LogP contribution in [0.15, 0.2) is 22.8 Å². The molecule has 0 bridgehead atoms. The van der Waals surface area contributed by atoms with Crippen LogP contribution in [0, 0.1) is 5.92 Å². The highest BCUT2D eigenvalue weighted by Crippen LogP contribution is 2.34. The molecule has 28 heavy (non-hydrogen) atoms. The Morgan fingerprint density at radius 2 is 1.96 bits per heavy atom. The first-order chi connectivity index (χ1) is 13.6. The zero-order valence-corrected chi connectivity index (χ0v) is 16.8. The second-order valence-electron chi connectivity index (χ2n) is 8.37. The Morgan fingerprint density at radius 3 is 2.61 bits per heavy atom. The summed E-state index contributed by atoms with van der Waals surface area (Å²) in [5.41, 5.74) is 0. The zero-order valence-electron chi connectivity index (χ0n) is 16.8. The summed E-state index contributed by atoms with van der Waals surface area (Å²) in [6, 6.07) is 4.11. The zero-order chi connectivity index (χ0) is 19.5. The Labute approximate surface area is 165 Å². The monoisotopic (exact) mass is 386 g/mol. The predicted molar refractivity (Wildman–Crippen MR) is 104 cm³/mol. The van der Waals surface area contributed by atoms with Crippen molar-refractivity contribution in [1.29, 1.82) is 0 Å². The van der Waals surface area contributed by atoms with E-state index >= 15 is 0 Å². The fourth-order valence-corrected chi connectivity index (χ4v) is 4.49. The molecule has 0 radical (unpaired) electrons. The van der Waals surface area contributed by atoms with Gasteiger partial charge in [0.2, 0.25) is 0 Å². The molecule has 1 saturated carbocycles. The molecule has 2 aromatic heterocycles. The molecule has 0 unspecified atom stereocenters. The van der Waals surface area contributed by atoms with Gasteiger partial charge in [0, 0.05) is 26.2 Å². The summed E-state index contributed by atoms with van der Waals surface area (Å²) in [4.78, 5) is 16.9. The molecule has 3 heterocycles. The molecule has 0 N–H and O–H groups in total. The number of carbonyl (C=O) groups is 1. The van der Waals surface area contributed by atoms with Gasteiger partial charge in [-0.3, -0.25) is 9.69 Å². The van der Waals surface area contributed by atoms with Gasteiger partial charge >= 0.3 is 0 Å². The number of tetrazole rings is 1. The Kier molecular flexibility index (Phi) is 5.75. The Morgan fingerprint density at radius 1 is 1.21 bits per heavy atom. The SMILES string of the molecule is CC(C)C[C@@H](c1nnnn1C1CCCC1)N1CCN(C(=O)c2ccco2)CC1. The Balaban J connectivity index is 1.47. The van der Waals surface area contributed by atoms with Gasteiger partial charge in [0.15, 0.2) is 11.6 Å². The fraction of sp³-hybridized carbons (Fsp3) is 0.700. The van der Waals surface area contributed by atoms with Crippen LogP contribution in [0.2, 0.25) is 0 Å². The van der Waals surface area contributed by atoms with Crippen molar-refractivity contribution < 1.29 is 9.21 Å². The third kappa shape index (κ3) is 3.97. The molecular formula is C20H30N6O2. The van der Waals surface area contributed by atoms with Crippen LogP contribution in [0.5, 0.6) is 0 Å². The third-order valence-electron chi connectivity index (χ3n) is 5.96. The molecule has 2 aliphatic rings. The summed E-state index contributed by atoms with van der Waals surface area (Å²) in [6.45, 7) is 7.52. The van der Waals surface area contributed by atoms with Gasteiger partial charge in [-0.1, -0.05) is 26.7 Å². The molecule has 4 rings (SSSR count). The van der Waals surface area contributed by atoms with E-state index in [0.29, 0.717) is 30.8 Å². The van der Waals surface area contributed by atoms with Crippen molar-refractivity contribution >= 4 is 5.91 Å². The van der Waals surface area contributed by atoms with E-state index in [4.69, 9.17) is 4.42 Å². The molecule has 0 aromatic carbocycles. The number of rotatable bonds is 6. The second-order valence-corrected chi connectivity index (χ2v) is 8.37. The van der Waals surface area contributed by atoms with Gasteiger partial charge in [0.05, 0.1) is 18.3 Å². The quantitative estimate of drug-likeness (QED) is 0.759. The van der Waals surface area contributed by atoms with Crippen LogP contribution in [0.25, 0.3) is 0 Å². The molecule has 1 amide bonds. The van der Waals surface area contributed by atoms with Crippen molar-refractivity contribution in [3.8, 4) is 0 Å². The third-order valence-corrected chi connectivity index (χ3v) is 5.96. The maximum atomic E-state index is 12.5. The molecule has 0 spiro atoms. The molecule has 8 heteroatoms. The molecule has 2 fully saturated rings. The summed E-state index contributed by atoms with van der Waals surface area (Å²) in [6.07, 6.45) is 7.40. The van der Waals surface area contributed by atoms with E-state index in [-0.39, 0.29) is 11.9 Å². The topological polar surface area (TPSA) is 80.3 Å². The van der Waals surface area contributed by atoms with Gasteiger partial charge in [-0.25, -0.2) is 4.68 Å². The summed E-state index contributed by atoms with van der Waals surface area (Å²) >= 11 is 0. The highest BCUT2D eigenvalue weighted by Gasteiger charge is 2.33. The molecule has 8 nitrogen and oxygen atoms in total. The number of hydrogen-bond acceptors (Lipinski definition) is 6. The maximum absolute atomic E-state index is 12.5. The molecule has 2 aromatic rings. The Bertz CT molecular complexity index is 758. The Hall–Kier alpha value is -2.22. The van der Waals surface area contributed by atoms with E-state index in [1.807, 2.05) is 4.90 Å². The summed E-state index contributed by atoms with van der Waals surface area (Å²) in [5.74, 6) is 1.92. The first-order valence-corrected chi connectivity index (χ1v) is 10.5. The van der Waals surface area contributed by atoms with Gasteiger partial charge in [0.1, 0.15) is 0 Å². The van der Waals surface area contributed by atoms with Gasteiger partial charge in [-0.05, 0) is 47.7 Å². The lowest BCUT2D eigenvalue weighted by atomic mass is 10.0. The fourth-order valence-electron chi connectivity index (χ4n) is 4.49. The van der Waals surface area contributed by atoms with E-state index in [9.17, 15) is 4.79 Å². The van der Waals surface area contributed by atoms with E-state index in [2.05, 4.69) is 39.0 Å². The lowest BCUT2D eigenvalue weighted by Crippen LogP contribution is -2.50. The lowest BCUT2D eigenvalue weighted by Gasteiger charge is -2.39. The number of hydrogen-bond donors (Lipinski definition) is 0. The maximum Gasteiger partial charge on any atom is 0.289 e. The average molecular weight is 387 g/mol. The number of furan rings is 1. The van der Waals surface area contributed by atoms with Crippen molar-refractivity contribution in [3.63, 3.8) is 0 Å². The van der Waals surface area contributed by atoms with E-state index in [0.717, 1.165) is 38.2 Å². The number of nitrogens with zero attached hydrogens (tertiary/aromatic N) is 6. The van der Waals surface area contributed by atoms with Crippen molar-refractivity contribution in [2.24, 2.45) is 5.92 Å².